The Bertz CT molecular complexity index is 998. The molecule has 1 fully saturated rings. The molecule has 0 atom stereocenters. The van der Waals surface area contributed by atoms with Crippen LogP contribution in [-0.4, -0.2) is 49.1 Å². The lowest BCUT2D eigenvalue weighted by Crippen LogP contribution is -2.40. The molecule has 1 aliphatic heterocycles. The zero-order valence-electron chi connectivity index (χ0n) is 18.5. The lowest BCUT2D eigenvalue weighted by Gasteiger charge is -2.31. The second-order valence-electron chi connectivity index (χ2n) is 7.68. The van der Waals surface area contributed by atoms with Gasteiger partial charge in [0.2, 0.25) is 5.91 Å². The molecule has 0 saturated carbocycles. The first kappa shape index (κ1) is 24.0. The number of likely N-dealkylation sites (tertiary alicyclic amines) is 1. The molecule has 1 saturated heterocycles. The van der Waals surface area contributed by atoms with Crippen molar-refractivity contribution in [3.8, 4) is 5.75 Å². The molecule has 1 aliphatic rings. The van der Waals surface area contributed by atoms with Gasteiger partial charge in [-0.1, -0.05) is 12.1 Å². The first-order chi connectivity index (χ1) is 15.9. The molecule has 0 spiro atoms. The van der Waals surface area contributed by atoms with E-state index in [9.17, 15) is 18.8 Å². The summed E-state index contributed by atoms with van der Waals surface area (Å²) >= 11 is 0. The number of hydrogen-bond acceptors (Lipinski definition) is 5. The lowest BCUT2D eigenvalue weighted by atomic mass is 9.96. The number of halogens is 1. The van der Waals surface area contributed by atoms with Gasteiger partial charge in [-0.15, -0.1) is 0 Å². The third-order valence-corrected chi connectivity index (χ3v) is 5.32. The zero-order valence-corrected chi connectivity index (χ0v) is 18.5. The molecular formula is C25H27FN2O5. The molecule has 2 aromatic rings. The minimum atomic E-state index is -0.788. The molecule has 33 heavy (non-hydrogen) atoms. The lowest BCUT2D eigenvalue weighted by molar-refractivity contribution is -0.127. The number of carbonyl (C=O) groups excluding carboxylic acids is 3. The largest absolute Gasteiger partial charge is 0.513 e. The van der Waals surface area contributed by atoms with Crippen LogP contribution in [0.3, 0.4) is 0 Å². The van der Waals surface area contributed by atoms with Gasteiger partial charge in [-0.2, -0.15) is 0 Å². The highest BCUT2D eigenvalue weighted by Crippen LogP contribution is 2.18. The molecule has 2 amide bonds. The topological polar surface area (TPSA) is 84.9 Å². The predicted molar refractivity (Wildman–Crippen MR) is 121 cm³/mol. The number of rotatable bonds is 7. The number of nitrogens with zero attached hydrogens (tertiary/aromatic N) is 1. The molecule has 1 N–H and O–H groups in total. The van der Waals surface area contributed by atoms with Gasteiger partial charge in [0.15, 0.2) is 0 Å². The van der Waals surface area contributed by atoms with Crippen molar-refractivity contribution in [2.75, 3.05) is 26.2 Å². The summed E-state index contributed by atoms with van der Waals surface area (Å²) in [6.07, 6.45) is 3.86. The average molecular weight is 454 g/mol. The number of ether oxygens (including phenoxy) is 2. The van der Waals surface area contributed by atoms with Crippen LogP contribution in [0.4, 0.5) is 9.18 Å². The summed E-state index contributed by atoms with van der Waals surface area (Å²) in [7, 11) is 0. The van der Waals surface area contributed by atoms with E-state index in [1.807, 2.05) is 0 Å². The van der Waals surface area contributed by atoms with Crippen LogP contribution < -0.4 is 10.1 Å². The van der Waals surface area contributed by atoms with Gasteiger partial charge >= 0.3 is 6.16 Å². The highest BCUT2D eigenvalue weighted by Gasteiger charge is 2.22. The van der Waals surface area contributed by atoms with Crippen molar-refractivity contribution in [2.45, 2.75) is 19.8 Å². The maximum Gasteiger partial charge on any atom is 0.513 e. The minimum Gasteiger partial charge on any atom is -0.434 e. The van der Waals surface area contributed by atoms with E-state index < -0.39 is 6.16 Å². The van der Waals surface area contributed by atoms with Gasteiger partial charge in [0, 0.05) is 31.3 Å². The Morgan fingerprint density at radius 3 is 2.52 bits per heavy atom. The highest BCUT2D eigenvalue weighted by molar-refractivity contribution is 5.94. The average Bonchev–Trinajstić information content (AvgIpc) is 2.82. The molecule has 0 bridgehead atoms. The Labute approximate surface area is 192 Å². The third-order valence-electron chi connectivity index (χ3n) is 5.32. The first-order valence-electron chi connectivity index (χ1n) is 10.9. The summed E-state index contributed by atoms with van der Waals surface area (Å²) in [4.78, 5) is 37.9. The van der Waals surface area contributed by atoms with Crippen molar-refractivity contribution in [1.82, 2.24) is 10.2 Å². The quantitative estimate of drug-likeness (QED) is 0.388. The number of hydrogen-bond donors (Lipinski definition) is 1. The summed E-state index contributed by atoms with van der Waals surface area (Å²) in [5.41, 5.74) is 1.10. The fourth-order valence-corrected chi connectivity index (χ4v) is 3.50. The molecule has 8 heteroatoms. The van der Waals surface area contributed by atoms with Crippen molar-refractivity contribution in [3.63, 3.8) is 0 Å². The maximum absolute atomic E-state index is 13.2. The minimum absolute atomic E-state index is 0.105. The summed E-state index contributed by atoms with van der Waals surface area (Å²) in [6.45, 7) is 3.63. The van der Waals surface area contributed by atoms with E-state index in [1.54, 1.807) is 42.2 Å². The van der Waals surface area contributed by atoms with Crippen LogP contribution in [-0.2, 0) is 9.53 Å². The zero-order chi connectivity index (χ0) is 23.6. The van der Waals surface area contributed by atoms with E-state index in [1.165, 1.54) is 30.3 Å². The number of nitrogens with one attached hydrogen (secondary N) is 1. The van der Waals surface area contributed by atoms with Gasteiger partial charge < -0.3 is 19.7 Å². The number of piperidine rings is 1. The highest BCUT2D eigenvalue weighted by atomic mass is 19.1. The molecule has 0 aromatic heterocycles. The van der Waals surface area contributed by atoms with Crippen LogP contribution in [0.25, 0.3) is 6.08 Å². The summed E-state index contributed by atoms with van der Waals surface area (Å²) in [5, 5.41) is 2.92. The van der Waals surface area contributed by atoms with E-state index in [0.29, 0.717) is 36.5 Å². The Morgan fingerprint density at radius 2 is 1.85 bits per heavy atom. The normalized spacial score (nSPS) is 14.2. The SMILES string of the molecule is CCOC(=O)Oc1ccc(C(=O)NCC2CCN(C(=O)/C=C/c3cccc(F)c3)CC2)cc1. The van der Waals surface area contributed by atoms with Gasteiger partial charge in [0.1, 0.15) is 11.6 Å². The second-order valence-corrected chi connectivity index (χ2v) is 7.68. The van der Waals surface area contributed by atoms with Crippen molar-refractivity contribution in [3.05, 3.63) is 71.6 Å². The van der Waals surface area contributed by atoms with E-state index in [-0.39, 0.29) is 30.2 Å². The van der Waals surface area contributed by atoms with E-state index in [4.69, 9.17) is 9.47 Å². The van der Waals surface area contributed by atoms with Gasteiger partial charge in [0.25, 0.3) is 5.91 Å². The third kappa shape index (κ3) is 7.45. The van der Waals surface area contributed by atoms with Crippen molar-refractivity contribution in [1.29, 1.82) is 0 Å². The Balaban J connectivity index is 1.40. The van der Waals surface area contributed by atoms with Crippen LogP contribution in [0.5, 0.6) is 5.75 Å². The Hall–Kier alpha value is -3.68. The second kappa shape index (κ2) is 11.8. The first-order valence-corrected chi connectivity index (χ1v) is 10.9. The summed E-state index contributed by atoms with van der Waals surface area (Å²) in [6, 6.07) is 12.3. The molecule has 7 nitrogen and oxygen atoms in total. The van der Waals surface area contributed by atoms with E-state index >= 15 is 0 Å². The van der Waals surface area contributed by atoms with Crippen LogP contribution in [0.2, 0.25) is 0 Å². The fraction of sp³-hybridized carbons (Fsp3) is 0.320. The van der Waals surface area contributed by atoms with Crippen LogP contribution >= 0.6 is 0 Å². The predicted octanol–water partition coefficient (Wildman–Crippen LogP) is 4.04. The smallest absolute Gasteiger partial charge is 0.434 e. The summed E-state index contributed by atoms with van der Waals surface area (Å²) < 4.78 is 22.9. The molecule has 3 rings (SSSR count). The number of amides is 2. The maximum atomic E-state index is 13.2. The number of benzene rings is 2. The van der Waals surface area contributed by atoms with Gasteiger partial charge in [-0.25, -0.2) is 9.18 Å². The van der Waals surface area contributed by atoms with Crippen LogP contribution in [0.1, 0.15) is 35.7 Å². The molecule has 174 valence electrons. The number of carbonyl (C=O) groups is 3. The molecule has 1 heterocycles. The van der Waals surface area contributed by atoms with E-state index in [0.717, 1.165) is 12.8 Å². The van der Waals surface area contributed by atoms with Crippen LogP contribution in [0, 0.1) is 11.7 Å². The van der Waals surface area contributed by atoms with Crippen molar-refractivity contribution < 1.29 is 28.2 Å². The Kier molecular flexibility index (Phi) is 8.57. The molecule has 2 aromatic carbocycles. The molecule has 0 radical (unpaired) electrons. The molecular weight excluding hydrogens is 427 g/mol. The molecule has 0 aliphatic carbocycles. The van der Waals surface area contributed by atoms with Gasteiger partial charge in [-0.05, 0) is 73.7 Å². The standard InChI is InChI=1S/C25H27FN2O5/c1-2-32-25(31)33-22-9-7-20(8-10-22)24(30)27-17-19-12-14-28(15-13-19)23(29)11-6-18-4-3-5-21(26)16-18/h3-11,16,19H,2,12-15,17H2,1H3,(H,27,30)/b11-6+. The van der Waals surface area contributed by atoms with Crippen molar-refractivity contribution in [2.24, 2.45) is 5.92 Å². The van der Waals surface area contributed by atoms with Crippen LogP contribution in [0.15, 0.2) is 54.6 Å². The van der Waals surface area contributed by atoms with Gasteiger partial charge in [-0.3, -0.25) is 9.59 Å². The van der Waals surface area contributed by atoms with Crippen molar-refractivity contribution >= 4 is 24.0 Å². The molecule has 0 unspecified atom stereocenters. The summed E-state index contributed by atoms with van der Waals surface area (Å²) in [5.74, 6) is -0.0837. The fourth-order valence-electron chi connectivity index (χ4n) is 3.50. The monoisotopic (exact) mass is 454 g/mol. The van der Waals surface area contributed by atoms with E-state index in [2.05, 4.69) is 5.32 Å². The van der Waals surface area contributed by atoms with Gasteiger partial charge in [0.05, 0.1) is 6.61 Å². The Morgan fingerprint density at radius 1 is 1.12 bits per heavy atom.